The van der Waals surface area contributed by atoms with Gasteiger partial charge in [0.2, 0.25) is 0 Å². The van der Waals surface area contributed by atoms with Gasteiger partial charge in [-0.05, 0) is 19.0 Å². The minimum Gasteiger partial charge on any atom is -0.388 e. The molecule has 0 aromatic carbocycles. The largest absolute Gasteiger partial charge is 0.388 e. The molecule has 0 amide bonds. The van der Waals surface area contributed by atoms with Crippen LogP contribution in [-0.2, 0) is 6.42 Å². The smallest absolute Gasteiger partial charge is 0.324 e. The summed E-state index contributed by atoms with van der Waals surface area (Å²) in [6, 6.07) is 3.21. The first-order valence-electron chi connectivity index (χ1n) is 4.75. The Labute approximate surface area is 90.9 Å². The second-order valence-electron chi connectivity index (χ2n) is 3.82. The van der Waals surface area contributed by atoms with Gasteiger partial charge in [-0.25, -0.2) is 0 Å². The number of hydrogen-bond donors (Lipinski definition) is 2. The number of aliphatic hydroxyl groups is 1. The molecule has 0 saturated carbocycles. The van der Waals surface area contributed by atoms with Crippen molar-refractivity contribution >= 4 is 16.3 Å². The molecular formula is C9H12N2O3S. The summed E-state index contributed by atoms with van der Waals surface area (Å²) in [6.07, 6.45) is 1.21. The van der Waals surface area contributed by atoms with Gasteiger partial charge in [0.1, 0.15) is 0 Å². The summed E-state index contributed by atoms with van der Waals surface area (Å²) in [4.78, 5) is 10.9. The van der Waals surface area contributed by atoms with Crippen LogP contribution in [0, 0.1) is 10.1 Å². The van der Waals surface area contributed by atoms with Crippen LogP contribution in [0.4, 0.5) is 5.00 Å². The van der Waals surface area contributed by atoms with Crippen LogP contribution in [0.15, 0.2) is 12.1 Å². The van der Waals surface area contributed by atoms with Gasteiger partial charge in [0, 0.05) is 23.9 Å². The SMILES string of the molecule is O=[N+]([O-])c1ccc(CC2(O)CCNC2)s1. The molecule has 2 N–H and O–H groups in total. The second kappa shape index (κ2) is 3.88. The molecule has 2 heterocycles. The van der Waals surface area contributed by atoms with E-state index < -0.39 is 10.5 Å². The van der Waals surface area contributed by atoms with E-state index in [9.17, 15) is 15.2 Å². The molecule has 1 aliphatic rings. The van der Waals surface area contributed by atoms with Gasteiger partial charge in [-0.2, -0.15) is 0 Å². The summed E-state index contributed by atoms with van der Waals surface area (Å²) in [5, 5.41) is 23.8. The molecule has 5 nitrogen and oxygen atoms in total. The maximum absolute atomic E-state index is 10.5. The van der Waals surface area contributed by atoms with Crippen molar-refractivity contribution in [1.29, 1.82) is 0 Å². The molecular weight excluding hydrogens is 216 g/mol. The van der Waals surface area contributed by atoms with Crippen LogP contribution in [0.1, 0.15) is 11.3 Å². The first-order valence-corrected chi connectivity index (χ1v) is 5.57. The zero-order chi connectivity index (χ0) is 10.9. The third-order valence-electron chi connectivity index (χ3n) is 2.55. The molecule has 82 valence electrons. The Kier molecular flexibility index (Phi) is 2.72. The van der Waals surface area contributed by atoms with E-state index in [1.807, 2.05) is 0 Å². The third kappa shape index (κ3) is 2.34. The van der Waals surface area contributed by atoms with Crippen molar-refractivity contribution in [1.82, 2.24) is 5.32 Å². The Morgan fingerprint density at radius 1 is 1.67 bits per heavy atom. The number of hydrogen-bond acceptors (Lipinski definition) is 5. The Bertz CT molecular complexity index is 371. The van der Waals surface area contributed by atoms with Crippen LogP contribution < -0.4 is 5.32 Å². The monoisotopic (exact) mass is 228 g/mol. The van der Waals surface area contributed by atoms with Gasteiger partial charge in [-0.1, -0.05) is 11.3 Å². The molecule has 0 spiro atoms. The van der Waals surface area contributed by atoms with Gasteiger partial charge >= 0.3 is 5.00 Å². The van der Waals surface area contributed by atoms with E-state index >= 15 is 0 Å². The van der Waals surface area contributed by atoms with Crippen LogP contribution >= 0.6 is 11.3 Å². The molecule has 0 bridgehead atoms. The molecule has 1 aromatic heterocycles. The topological polar surface area (TPSA) is 75.4 Å². The van der Waals surface area contributed by atoms with Gasteiger partial charge in [-0.3, -0.25) is 10.1 Å². The van der Waals surface area contributed by atoms with Crippen molar-refractivity contribution in [3.8, 4) is 0 Å². The minimum atomic E-state index is -0.723. The van der Waals surface area contributed by atoms with Crippen LogP contribution in [0.25, 0.3) is 0 Å². The van der Waals surface area contributed by atoms with E-state index in [0.29, 0.717) is 19.4 Å². The zero-order valence-electron chi connectivity index (χ0n) is 8.10. The lowest BCUT2D eigenvalue weighted by atomic mass is 9.98. The lowest BCUT2D eigenvalue weighted by Gasteiger charge is -2.19. The molecule has 2 rings (SSSR count). The number of nitrogens with zero attached hydrogens (tertiary/aromatic N) is 1. The van der Waals surface area contributed by atoms with E-state index in [2.05, 4.69) is 5.32 Å². The van der Waals surface area contributed by atoms with E-state index in [0.717, 1.165) is 22.8 Å². The molecule has 1 aliphatic heterocycles. The molecule has 1 unspecified atom stereocenters. The predicted molar refractivity (Wildman–Crippen MR) is 57.1 cm³/mol. The Morgan fingerprint density at radius 2 is 2.47 bits per heavy atom. The number of thiophene rings is 1. The Hall–Kier alpha value is -0.980. The number of nitro groups is 1. The highest BCUT2D eigenvalue weighted by Crippen LogP contribution is 2.29. The van der Waals surface area contributed by atoms with Crippen LogP contribution in [0.5, 0.6) is 0 Å². The Morgan fingerprint density at radius 3 is 3.00 bits per heavy atom. The van der Waals surface area contributed by atoms with Crippen molar-refractivity contribution in [2.45, 2.75) is 18.4 Å². The minimum absolute atomic E-state index is 0.138. The van der Waals surface area contributed by atoms with E-state index in [4.69, 9.17) is 0 Å². The molecule has 1 fully saturated rings. The van der Waals surface area contributed by atoms with Crippen molar-refractivity contribution < 1.29 is 10.0 Å². The molecule has 1 saturated heterocycles. The lowest BCUT2D eigenvalue weighted by Crippen LogP contribution is -2.33. The quantitative estimate of drug-likeness (QED) is 0.596. The zero-order valence-corrected chi connectivity index (χ0v) is 8.92. The third-order valence-corrected chi connectivity index (χ3v) is 3.59. The summed E-state index contributed by atoms with van der Waals surface area (Å²) in [6.45, 7) is 1.38. The molecule has 1 aromatic rings. The highest BCUT2D eigenvalue weighted by Gasteiger charge is 2.32. The highest BCUT2D eigenvalue weighted by molar-refractivity contribution is 7.15. The fourth-order valence-corrected chi connectivity index (χ4v) is 2.72. The Balaban J connectivity index is 2.07. The first-order chi connectivity index (χ1) is 7.09. The van der Waals surface area contributed by atoms with Gasteiger partial charge in [-0.15, -0.1) is 0 Å². The summed E-state index contributed by atoms with van der Waals surface area (Å²) < 4.78 is 0. The van der Waals surface area contributed by atoms with Crippen molar-refractivity contribution in [3.63, 3.8) is 0 Å². The maximum atomic E-state index is 10.5. The summed E-state index contributed by atoms with van der Waals surface area (Å²) in [5.41, 5.74) is -0.723. The van der Waals surface area contributed by atoms with Gasteiger partial charge in [0.25, 0.3) is 0 Å². The second-order valence-corrected chi connectivity index (χ2v) is 4.97. The van der Waals surface area contributed by atoms with Crippen LogP contribution in [-0.4, -0.2) is 28.7 Å². The van der Waals surface area contributed by atoms with Crippen LogP contribution in [0.2, 0.25) is 0 Å². The fourth-order valence-electron chi connectivity index (χ4n) is 1.77. The van der Waals surface area contributed by atoms with Crippen LogP contribution in [0.3, 0.4) is 0 Å². The first kappa shape index (κ1) is 10.5. The van der Waals surface area contributed by atoms with E-state index in [-0.39, 0.29) is 5.00 Å². The number of rotatable bonds is 3. The molecule has 0 radical (unpaired) electrons. The normalized spacial score (nSPS) is 25.7. The predicted octanol–water partition coefficient (Wildman–Crippen LogP) is 0.923. The fraction of sp³-hybridized carbons (Fsp3) is 0.556. The summed E-state index contributed by atoms with van der Waals surface area (Å²) in [5.74, 6) is 0. The highest BCUT2D eigenvalue weighted by atomic mass is 32.1. The van der Waals surface area contributed by atoms with Crippen molar-refractivity contribution in [2.24, 2.45) is 0 Å². The average molecular weight is 228 g/mol. The molecule has 15 heavy (non-hydrogen) atoms. The molecule has 1 atom stereocenters. The number of β-amino-alcohol motifs (C(OH)–C–C–N with tert-alkyl or cyclic N) is 1. The maximum Gasteiger partial charge on any atom is 0.324 e. The van der Waals surface area contributed by atoms with Gasteiger partial charge in [0.05, 0.1) is 10.5 Å². The van der Waals surface area contributed by atoms with Crippen molar-refractivity contribution in [3.05, 3.63) is 27.1 Å². The van der Waals surface area contributed by atoms with Gasteiger partial charge < -0.3 is 10.4 Å². The summed E-state index contributed by atoms with van der Waals surface area (Å²) in [7, 11) is 0. The lowest BCUT2D eigenvalue weighted by molar-refractivity contribution is -0.380. The molecule has 6 heteroatoms. The standard InChI is InChI=1S/C9H12N2O3S/c12-9(3-4-10-6-9)5-7-1-2-8(15-7)11(13)14/h1-2,10,12H,3-6H2. The molecule has 0 aliphatic carbocycles. The van der Waals surface area contributed by atoms with Crippen molar-refractivity contribution in [2.75, 3.05) is 13.1 Å². The van der Waals surface area contributed by atoms with Gasteiger partial charge in [0.15, 0.2) is 0 Å². The average Bonchev–Trinajstić information content (AvgIpc) is 2.75. The van der Waals surface area contributed by atoms with E-state index in [1.165, 1.54) is 6.07 Å². The summed E-state index contributed by atoms with van der Waals surface area (Å²) >= 11 is 1.14. The van der Waals surface area contributed by atoms with E-state index in [1.54, 1.807) is 6.07 Å². The number of nitrogens with one attached hydrogen (secondary N) is 1.